The molecule has 0 unspecified atom stereocenters. The number of ether oxygens (including phenoxy) is 1. The highest BCUT2D eigenvalue weighted by Crippen LogP contribution is 2.48. The molecule has 0 radical (unpaired) electrons. The highest BCUT2D eigenvalue weighted by atomic mass is 35.5. The van der Waals surface area contributed by atoms with Crippen molar-refractivity contribution in [2.45, 2.75) is 19.0 Å². The van der Waals surface area contributed by atoms with Gasteiger partial charge in [0.2, 0.25) is 5.91 Å². The zero-order valence-electron chi connectivity index (χ0n) is 12.3. The van der Waals surface area contributed by atoms with E-state index in [9.17, 15) is 13.6 Å². The summed E-state index contributed by atoms with van der Waals surface area (Å²) in [6.45, 7) is -2.95. The van der Waals surface area contributed by atoms with Crippen LogP contribution in [-0.2, 0) is 4.79 Å². The van der Waals surface area contributed by atoms with E-state index >= 15 is 0 Å². The molecule has 1 fully saturated rings. The van der Waals surface area contributed by atoms with Gasteiger partial charge in [-0.05, 0) is 48.2 Å². The molecule has 0 aromatic heterocycles. The number of hydrogen-bond acceptors (Lipinski definition) is 2. The van der Waals surface area contributed by atoms with Crippen molar-refractivity contribution in [1.29, 1.82) is 0 Å². The number of halogens is 4. The Balaban J connectivity index is 1.62. The molecule has 1 N–H and O–H groups in total. The smallest absolute Gasteiger partial charge is 0.387 e. The van der Waals surface area contributed by atoms with Gasteiger partial charge in [0, 0.05) is 16.6 Å². The molecule has 1 aliphatic rings. The summed E-state index contributed by atoms with van der Waals surface area (Å²) in [6.07, 6.45) is 0.758. The normalized spacial score (nSPS) is 19.2. The van der Waals surface area contributed by atoms with E-state index in [0.29, 0.717) is 10.7 Å². The number of hydrogen-bond donors (Lipinski definition) is 1. The first kappa shape index (κ1) is 17.0. The number of amides is 1. The highest BCUT2D eigenvalue weighted by molar-refractivity contribution is 6.32. The van der Waals surface area contributed by atoms with Crippen molar-refractivity contribution in [2.75, 3.05) is 5.32 Å². The summed E-state index contributed by atoms with van der Waals surface area (Å²) >= 11 is 11.7. The van der Waals surface area contributed by atoms with Crippen LogP contribution in [0.4, 0.5) is 14.5 Å². The molecule has 3 rings (SSSR count). The third kappa shape index (κ3) is 3.97. The summed E-state index contributed by atoms with van der Waals surface area (Å²) in [7, 11) is 0. The van der Waals surface area contributed by atoms with Crippen LogP contribution < -0.4 is 10.1 Å². The number of carbonyl (C=O) groups is 1. The third-order valence-corrected chi connectivity index (χ3v) is 4.39. The molecule has 0 aliphatic heterocycles. The fourth-order valence-electron chi connectivity index (χ4n) is 2.57. The standard InChI is InChI=1S/C17H13Cl2F2NO2/c18-10-3-1-9(2-4-10)12-8-13(12)16(23)22-11-5-6-15(14(19)7-11)24-17(20)21/h1-7,12-13,17H,8H2,(H,22,23)/t12-,13-/m0/s1. The van der Waals surface area contributed by atoms with Crippen LogP contribution in [0.25, 0.3) is 0 Å². The van der Waals surface area contributed by atoms with Crippen LogP contribution in [0.5, 0.6) is 5.75 Å². The Hall–Kier alpha value is -1.85. The van der Waals surface area contributed by atoms with Gasteiger partial charge >= 0.3 is 6.61 Å². The maximum Gasteiger partial charge on any atom is 0.387 e. The molecular formula is C17H13Cl2F2NO2. The summed E-state index contributed by atoms with van der Waals surface area (Å²) in [5, 5.41) is 3.41. The molecule has 7 heteroatoms. The molecule has 2 atom stereocenters. The topological polar surface area (TPSA) is 38.3 Å². The number of benzene rings is 2. The van der Waals surface area contributed by atoms with E-state index in [1.54, 1.807) is 12.1 Å². The van der Waals surface area contributed by atoms with Gasteiger partial charge in [0.05, 0.1) is 5.02 Å². The second kappa shape index (κ2) is 6.95. The Labute approximate surface area is 147 Å². The Morgan fingerprint density at radius 3 is 2.50 bits per heavy atom. The van der Waals surface area contributed by atoms with E-state index < -0.39 is 6.61 Å². The molecule has 0 bridgehead atoms. The zero-order chi connectivity index (χ0) is 17.3. The monoisotopic (exact) mass is 371 g/mol. The van der Waals surface area contributed by atoms with Crippen LogP contribution in [0.15, 0.2) is 42.5 Å². The number of carbonyl (C=O) groups excluding carboxylic acids is 1. The Morgan fingerprint density at radius 1 is 1.17 bits per heavy atom. The number of rotatable bonds is 5. The van der Waals surface area contributed by atoms with Crippen molar-refractivity contribution in [3.8, 4) is 5.75 Å². The van der Waals surface area contributed by atoms with Gasteiger partial charge in [-0.1, -0.05) is 35.3 Å². The van der Waals surface area contributed by atoms with Gasteiger partial charge < -0.3 is 10.1 Å². The van der Waals surface area contributed by atoms with Crippen LogP contribution in [0.3, 0.4) is 0 Å². The Morgan fingerprint density at radius 2 is 1.88 bits per heavy atom. The van der Waals surface area contributed by atoms with Crippen LogP contribution in [0.2, 0.25) is 10.0 Å². The highest BCUT2D eigenvalue weighted by Gasteiger charge is 2.43. The van der Waals surface area contributed by atoms with Gasteiger partial charge in [-0.3, -0.25) is 4.79 Å². The summed E-state index contributed by atoms with van der Waals surface area (Å²) in [5.74, 6) is -0.218. The van der Waals surface area contributed by atoms with Crippen molar-refractivity contribution in [3.05, 3.63) is 58.1 Å². The molecule has 2 aromatic carbocycles. The molecule has 0 heterocycles. The zero-order valence-corrected chi connectivity index (χ0v) is 13.8. The number of anilines is 1. The van der Waals surface area contributed by atoms with Gasteiger partial charge in [-0.25, -0.2) is 0 Å². The van der Waals surface area contributed by atoms with E-state index in [1.165, 1.54) is 18.2 Å². The van der Waals surface area contributed by atoms with Crippen LogP contribution in [0, 0.1) is 5.92 Å². The lowest BCUT2D eigenvalue weighted by Crippen LogP contribution is -2.14. The molecule has 1 amide bonds. The fourth-order valence-corrected chi connectivity index (χ4v) is 2.92. The lowest BCUT2D eigenvalue weighted by molar-refractivity contribution is -0.117. The SMILES string of the molecule is O=C(Nc1ccc(OC(F)F)c(Cl)c1)[C@H]1C[C@H]1c1ccc(Cl)cc1. The predicted octanol–water partition coefficient (Wildman–Crippen LogP) is 5.34. The molecule has 126 valence electrons. The van der Waals surface area contributed by atoms with E-state index in [2.05, 4.69) is 10.1 Å². The number of nitrogens with one attached hydrogen (secondary N) is 1. The van der Waals surface area contributed by atoms with E-state index in [4.69, 9.17) is 23.2 Å². The van der Waals surface area contributed by atoms with E-state index in [1.807, 2.05) is 12.1 Å². The molecule has 3 nitrogen and oxygen atoms in total. The van der Waals surface area contributed by atoms with Gasteiger partial charge in [0.15, 0.2) is 0 Å². The second-order valence-electron chi connectivity index (χ2n) is 5.51. The average Bonchev–Trinajstić information content (AvgIpc) is 3.31. The lowest BCUT2D eigenvalue weighted by atomic mass is 10.1. The Bertz CT molecular complexity index is 753. The minimum atomic E-state index is -2.95. The van der Waals surface area contributed by atoms with Crippen molar-refractivity contribution in [2.24, 2.45) is 5.92 Å². The summed E-state index contributed by atoms with van der Waals surface area (Å²) in [5.41, 5.74) is 1.51. The minimum Gasteiger partial charge on any atom is -0.433 e. The predicted molar refractivity (Wildman–Crippen MR) is 89.0 cm³/mol. The maximum atomic E-state index is 12.3. The van der Waals surface area contributed by atoms with Crippen LogP contribution >= 0.6 is 23.2 Å². The minimum absolute atomic E-state index is 0.0122. The average molecular weight is 372 g/mol. The second-order valence-corrected chi connectivity index (χ2v) is 6.36. The van der Waals surface area contributed by atoms with Crippen LogP contribution in [-0.4, -0.2) is 12.5 Å². The third-order valence-electron chi connectivity index (χ3n) is 3.84. The quantitative estimate of drug-likeness (QED) is 0.770. The van der Waals surface area contributed by atoms with E-state index in [0.717, 1.165) is 12.0 Å². The largest absolute Gasteiger partial charge is 0.433 e. The first-order chi connectivity index (χ1) is 11.4. The van der Waals surface area contributed by atoms with Crippen LogP contribution in [0.1, 0.15) is 17.9 Å². The van der Waals surface area contributed by atoms with Crippen molar-refractivity contribution in [1.82, 2.24) is 0 Å². The molecule has 1 aliphatic carbocycles. The van der Waals surface area contributed by atoms with E-state index in [-0.39, 0.29) is 28.5 Å². The van der Waals surface area contributed by atoms with Crippen molar-refractivity contribution in [3.63, 3.8) is 0 Å². The van der Waals surface area contributed by atoms with Gasteiger partial charge in [0.25, 0.3) is 0 Å². The fraction of sp³-hybridized carbons (Fsp3) is 0.235. The van der Waals surface area contributed by atoms with Gasteiger partial charge in [0.1, 0.15) is 5.75 Å². The maximum absolute atomic E-state index is 12.3. The number of alkyl halides is 2. The molecule has 0 saturated heterocycles. The molecule has 24 heavy (non-hydrogen) atoms. The molecule has 0 spiro atoms. The molecular weight excluding hydrogens is 359 g/mol. The van der Waals surface area contributed by atoms with Gasteiger partial charge in [-0.2, -0.15) is 8.78 Å². The molecule has 2 aromatic rings. The van der Waals surface area contributed by atoms with Gasteiger partial charge in [-0.15, -0.1) is 0 Å². The first-order valence-corrected chi connectivity index (χ1v) is 8.00. The lowest BCUT2D eigenvalue weighted by Gasteiger charge is -2.09. The first-order valence-electron chi connectivity index (χ1n) is 7.24. The Kier molecular flexibility index (Phi) is 4.92. The summed E-state index contributed by atoms with van der Waals surface area (Å²) in [4.78, 5) is 12.3. The van der Waals surface area contributed by atoms with Crippen molar-refractivity contribution >= 4 is 34.8 Å². The summed E-state index contributed by atoms with van der Waals surface area (Å²) in [6, 6.07) is 11.6. The molecule has 1 saturated carbocycles. The summed E-state index contributed by atoms with van der Waals surface area (Å²) < 4.78 is 28.7. The van der Waals surface area contributed by atoms with Crippen molar-refractivity contribution < 1.29 is 18.3 Å².